The molecule has 8 aliphatic rings. The summed E-state index contributed by atoms with van der Waals surface area (Å²) in [4.78, 5) is 10.8. The summed E-state index contributed by atoms with van der Waals surface area (Å²) in [6.07, 6.45) is 15.9. The molecule has 4 fully saturated rings. The van der Waals surface area contributed by atoms with Gasteiger partial charge in [0.1, 0.15) is 16.9 Å². The van der Waals surface area contributed by atoms with E-state index in [0.29, 0.717) is 41.0 Å². The van der Waals surface area contributed by atoms with E-state index in [4.69, 9.17) is 25.2 Å². The predicted octanol–water partition coefficient (Wildman–Crippen LogP) is 9.93. The molecule has 2 heterocycles. The van der Waals surface area contributed by atoms with Gasteiger partial charge in [0.25, 0.3) is 0 Å². The largest absolute Gasteiger partial charge is 0.383 e. The summed E-state index contributed by atoms with van der Waals surface area (Å²) in [7, 11) is 3.64. The second kappa shape index (κ2) is 15.3. The molecule has 0 aromatic heterocycles. The van der Waals surface area contributed by atoms with E-state index < -0.39 is 11.1 Å². The molecule has 320 valence electrons. The first kappa shape index (κ1) is 40.8. The van der Waals surface area contributed by atoms with Crippen molar-refractivity contribution in [3.63, 3.8) is 0 Å². The Balaban J connectivity index is 0.000000143. The maximum Gasteiger partial charge on any atom is 0.127 e. The number of methoxy groups -OCH3 is 2. The number of nitriles is 2. The average molecular weight is 842 g/mol. The Labute approximate surface area is 378 Å². The molecule has 7 heteroatoms. The Morgan fingerprint density at radius 1 is 0.547 bits per heavy atom. The molecule has 7 nitrogen and oxygen atoms in total. The van der Waals surface area contributed by atoms with Crippen molar-refractivity contribution in [2.45, 2.75) is 120 Å². The lowest BCUT2D eigenvalue weighted by Crippen LogP contribution is -2.45. The van der Waals surface area contributed by atoms with Crippen molar-refractivity contribution in [1.82, 2.24) is 0 Å². The van der Waals surface area contributed by atoms with Crippen LogP contribution in [0.3, 0.4) is 0 Å². The van der Waals surface area contributed by atoms with Crippen molar-refractivity contribution in [3.8, 4) is 35.8 Å². The van der Waals surface area contributed by atoms with Gasteiger partial charge in [0.15, 0.2) is 0 Å². The van der Waals surface area contributed by atoms with Gasteiger partial charge < -0.3 is 15.2 Å². The molecule has 12 rings (SSSR count). The first-order valence-corrected chi connectivity index (χ1v) is 23.5. The number of rotatable bonds is 2. The number of ether oxygens (including phenoxy) is 2. The Hall–Kier alpha value is -5.96. The zero-order chi connectivity index (χ0) is 43.8. The van der Waals surface area contributed by atoms with E-state index >= 15 is 0 Å². The third-order valence-corrected chi connectivity index (χ3v) is 16.4. The van der Waals surface area contributed by atoms with Gasteiger partial charge in [0.2, 0.25) is 0 Å². The molecule has 4 aromatic rings. The van der Waals surface area contributed by atoms with Crippen LogP contribution in [0.2, 0.25) is 0 Å². The van der Waals surface area contributed by atoms with Gasteiger partial charge in [-0.15, -0.1) is 0 Å². The van der Waals surface area contributed by atoms with Crippen LogP contribution in [0.1, 0.15) is 151 Å². The number of hydrogen-bond acceptors (Lipinski definition) is 7. The van der Waals surface area contributed by atoms with Gasteiger partial charge in [-0.1, -0.05) is 41.9 Å². The van der Waals surface area contributed by atoms with Gasteiger partial charge in [0.05, 0.1) is 35.5 Å². The lowest BCUT2D eigenvalue weighted by molar-refractivity contribution is 0.00682. The number of nitrogens with two attached hydrogens (primary N) is 1. The summed E-state index contributed by atoms with van der Waals surface area (Å²) in [5, 5.41) is 19.3. The summed E-state index contributed by atoms with van der Waals surface area (Å²) in [6, 6.07) is 30.2. The van der Waals surface area contributed by atoms with Gasteiger partial charge in [-0.2, -0.15) is 10.5 Å². The highest BCUT2D eigenvalue weighted by atomic mass is 16.5. The van der Waals surface area contributed by atoms with E-state index in [9.17, 15) is 10.5 Å². The van der Waals surface area contributed by atoms with Crippen LogP contribution < -0.4 is 5.73 Å². The molecule has 2 aliphatic heterocycles. The van der Waals surface area contributed by atoms with Crippen LogP contribution in [-0.4, -0.2) is 38.0 Å². The predicted molar refractivity (Wildman–Crippen MR) is 250 cm³/mol. The van der Waals surface area contributed by atoms with E-state index in [0.717, 1.165) is 92.2 Å². The molecule has 4 spiro atoms. The molecule has 4 aromatic carbocycles. The van der Waals surface area contributed by atoms with E-state index in [1.807, 2.05) is 38.5 Å². The average Bonchev–Trinajstić information content (AvgIpc) is 4.26. The standard InChI is InChI=1S/C29H28N2O.C28H27N3O/c1-19-25-10-8-22(18-30)16-27(25)29(31-19)26-15-21(6-5-20-3-4-20)7-9-23(26)17-28(29)13-11-24(32-2)12-14-28;1-32-22-10-12-27(13-11-22)16-21-8-6-19(5-4-18-2-3-18)14-24(21)28(27)25-15-20(17-29)7-9-23(25)26(30)31-28/h7-10,15-16,20,24H,3-4,11-14,17H2,1-2H3;6-9,14-15,18,22H,2-3,10-13,16H2,1H3,(H2,30,31). The number of amidine groups is 1. The fraction of sp³-hybridized carbons (Fsp3) is 0.439. The minimum Gasteiger partial charge on any atom is -0.383 e. The molecular weight excluding hydrogens is 787 g/mol. The quantitative estimate of drug-likeness (QED) is 0.202. The molecule has 6 aliphatic carbocycles. The Kier molecular flexibility index (Phi) is 9.78. The monoisotopic (exact) mass is 841 g/mol. The number of hydrogen-bond donors (Lipinski definition) is 1. The van der Waals surface area contributed by atoms with Crippen LogP contribution in [0, 0.1) is 69.0 Å². The summed E-state index contributed by atoms with van der Waals surface area (Å²) in [5.41, 5.74) is 19.9. The second-order valence-corrected chi connectivity index (χ2v) is 20.0. The third-order valence-electron chi connectivity index (χ3n) is 16.4. The molecule has 0 bridgehead atoms. The highest BCUT2D eigenvalue weighted by molar-refractivity contribution is 6.04. The zero-order valence-electron chi connectivity index (χ0n) is 37.3. The summed E-state index contributed by atoms with van der Waals surface area (Å²) >= 11 is 0. The van der Waals surface area contributed by atoms with Crippen molar-refractivity contribution in [1.29, 1.82) is 10.5 Å². The summed E-state index contributed by atoms with van der Waals surface area (Å²) < 4.78 is 11.4. The molecule has 0 radical (unpaired) electrons. The fourth-order valence-corrected chi connectivity index (χ4v) is 12.8. The van der Waals surface area contributed by atoms with Gasteiger partial charge >= 0.3 is 0 Å². The van der Waals surface area contributed by atoms with Crippen molar-refractivity contribution in [3.05, 3.63) is 140 Å². The molecule has 64 heavy (non-hydrogen) atoms. The molecular formula is C57H55N5O2. The van der Waals surface area contributed by atoms with Crippen LogP contribution in [0.25, 0.3) is 0 Å². The van der Waals surface area contributed by atoms with E-state index in [-0.39, 0.29) is 10.8 Å². The van der Waals surface area contributed by atoms with Crippen molar-refractivity contribution in [2.75, 3.05) is 14.2 Å². The highest BCUT2D eigenvalue weighted by Gasteiger charge is 2.63. The highest BCUT2D eigenvalue weighted by Crippen LogP contribution is 2.66. The van der Waals surface area contributed by atoms with E-state index in [2.05, 4.69) is 91.3 Å². The molecule has 2 unspecified atom stereocenters. The molecule has 2 atom stereocenters. The van der Waals surface area contributed by atoms with E-state index in [1.54, 1.807) is 0 Å². The van der Waals surface area contributed by atoms with Crippen LogP contribution in [-0.2, 0) is 33.4 Å². The molecule has 0 amide bonds. The second-order valence-electron chi connectivity index (χ2n) is 20.0. The SMILES string of the molecule is COC1CCC2(CC1)Cc1ccc(C#CC3CC3)cc1C21N=C(C)c2ccc(C#N)cc21.COC1CCC2(CC1)Cc1ccc(C#CC3CC3)cc1C21N=C(N)c2ccc(C#N)cc21. The first-order valence-electron chi connectivity index (χ1n) is 23.5. The van der Waals surface area contributed by atoms with Gasteiger partial charge in [-0.05, 0) is 185 Å². The Bertz CT molecular complexity index is 2680. The van der Waals surface area contributed by atoms with Crippen molar-refractivity contribution in [2.24, 2.45) is 38.4 Å². The maximum absolute atomic E-state index is 9.68. The topological polar surface area (TPSA) is 117 Å². The van der Waals surface area contributed by atoms with E-state index in [1.165, 1.54) is 59.1 Å². The minimum absolute atomic E-state index is 0.0213. The van der Waals surface area contributed by atoms with Crippen LogP contribution >= 0.6 is 0 Å². The molecule has 4 saturated carbocycles. The maximum atomic E-state index is 9.68. The van der Waals surface area contributed by atoms with Gasteiger partial charge in [-0.25, -0.2) is 0 Å². The van der Waals surface area contributed by atoms with Crippen LogP contribution in [0.15, 0.2) is 82.8 Å². The van der Waals surface area contributed by atoms with Gasteiger partial charge in [-0.3, -0.25) is 9.98 Å². The number of nitrogens with zero attached hydrogens (tertiary/aromatic N) is 4. The van der Waals surface area contributed by atoms with Crippen molar-refractivity contribution >= 4 is 11.5 Å². The van der Waals surface area contributed by atoms with Gasteiger partial charge in [0, 0.05) is 64.9 Å². The first-order chi connectivity index (χ1) is 31.2. The number of aliphatic imine (C=N–C) groups is 2. The lowest BCUT2D eigenvalue weighted by Gasteiger charge is -2.47. The smallest absolute Gasteiger partial charge is 0.127 e. The zero-order valence-corrected chi connectivity index (χ0v) is 37.3. The normalized spacial score (nSPS) is 29.8. The van der Waals surface area contributed by atoms with Crippen LogP contribution in [0.5, 0.6) is 0 Å². The van der Waals surface area contributed by atoms with Crippen molar-refractivity contribution < 1.29 is 9.47 Å². The third kappa shape index (κ3) is 6.31. The molecule has 0 saturated heterocycles. The molecule has 2 N–H and O–H groups in total. The fourth-order valence-electron chi connectivity index (χ4n) is 12.8. The number of benzene rings is 4. The summed E-state index contributed by atoms with van der Waals surface area (Å²) in [5.74, 6) is 15.4. The Morgan fingerprint density at radius 2 is 0.969 bits per heavy atom. The lowest BCUT2D eigenvalue weighted by atomic mass is 9.59. The Morgan fingerprint density at radius 3 is 1.42 bits per heavy atom. The number of fused-ring (bicyclic) bond motifs is 10. The minimum atomic E-state index is -0.551. The summed E-state index contributed by atoms with van der Waals surface area (Å²) in [6.45, 7) is 2.13. The van der Waals surface area contributed by atoms with Crippen LogP contribution in [0.4, 0.5) is 0 Å².